The lowest BCUT2D eigenvalue weighted by Crippen LogP contribution is -2.25. The van der Waals surface area contributed by atoms with Crippen LogP contribution in [0.2, 0.25) is 5.02 Å². The van der Waals surface area contributed by atoms with E-state index in [2.05, 4.69) is 28.1 Å². The Hall–Kier alpha value is -3.31. The third-order valence-corrected chi connectivity index (χ3v) is 7.31. The highest BCUT2D eigenvalue weighted by atomic mass is 35.5. The number of carbonyl (C=O) groups is 1. The van der Waals surface area contributed by atoms with Gasteiger partial charge >= 0.3 is 0 Å². The van der Waals surface area contributed by atoms with E-state index < -0.39 is 0 Å². The maximum Gasteiger partial charge on any atom is 0.251 e. The van der Waals surface area contributed by atoms with Crippen LogP contribution in [0, 0.1) is 27.7 Å². The van der Waals surface area contributed by atoms with Crippen LogP contribution in [-0.2, 0) is 13.0 Å². The Morgan fingerprint density at radius 3 is 2.46 bits per heavy atom. The number of ether oxygens (including phenoxy) is 1. The van der Waals surface area contributed by atoms with Crippen molar-refractivity contribution in [2.24, 2.45) is 0 Å². The molecule has 1 amide bonds. The van der Waals surface area contributed by atoms with Gasteiger partial charge in [-0.3, -0.25) is 4.79 Å². The van der Waals surface area contributed by atoms with E-state index in [9.17, 15) is 4.79 Å². The maximum absolute atomic E-state index is 12.5. The van der Waals surface area contributed by atoms with Crippen LogP contribution in [-0.4, -0.2) is 28.6 Å². The number of imidazole rings is 1. The van der Waals surface area contributed by atoms with Crippen molar-refractivity contribution in [1.82, 2.24) is 14.9 Å². The van der Waals surface area contributed by atoms with Gasteiger partial charge in [0.15, 0.2) is 0 Å². The van der Waals surface area contributed by atoms with E-state index in [0.717, 1.165) is 82.1 Å². The molecule has 0 saturated carbocycles. The third kappa shape index (κ3) is 6.72. The minimum absolute atomic E-state index is 0.00497. The Morgan fingerprint density at radius 1 is 0.946 bits per heavy atom. The lowest BCUT2D eigenvalue weighted by atomic mass is 10.1. The van der Waals surface area contributed by atoms with Gasteiger partial charge in [0.2, 0.25) is 0 Å². The van der Waals surface area contributed by atoms with Crippen LogP contribution >= 0.6 is 11.6 Å². The zero-order valence-corrected chi connectivity index (χ0v) is 23.0. The lowest BCUT2D eigenvalue weighted by Gasteiger charge is -2.13. The minimum atomic E-state index is 0.00497. The Balaban J connectivity index is 1.29. The standard InChI is InChI=1S/C31H36ClN3O2/c1-21-13-14-26(22(2)18-21)31(36)33-15-9-5-6-12-29-34-27-10-7-8-11-28(27)35(29)16-17-37-25-19-23(3)30(32)24(4)20-25/h7-8,10-11,13-14,18-20H,5-6,9,12,15-17H2,1-4H3,(H,33,36). The summed E-state index contributed by atoms with van der Waals surface area (Å²) < 4.78 is 8.35. The molecule has 1 aromatic heterocycles. The van der Waals surface area contributed by atoms with Gasteiger partial charge in [-0.1, -0.05) is 47.9 Å². The first-order chi connectivity index (χ1) is 17.8. The fraction of sp³-hybridized carbons (Fsp3) is 0.355. The zero-order chi connectivity index (χ0) is 26.4. The monoisotopic (exact) mass is 517 g/mol. The number of carbonyl (C=O) groups excluding carboxylic acids is 1. The average Bonchev–Trinajstić information content (AvgIpc) is 3.21. The van der Waals surface area contributed by atoms with Gasteiger partial charge in [-0.25, -0.2) is 4.98 Å². The van der Waals surface area contributed by atoms with Crippen LogP contribution in [0.4, 0.5) is 0 Å². The molecule has 0 radical (unpaired) electrons. The molecule has 1 N–H and O–H groups in total. The fourth-order valence-electron chi connectivity index (χ4n) is 4.76. The first-order valence-electron chi connectivity index (χ1n) is 13.0. The molecule has 0 aliphatic carbocycles. The lowest BCUT2D eigenvalue weighted by molar-refractivity contribution is 0.0952. The Labute approximate surface area is 224 Å². The smallest absolute Gasteiger partial charge is 0.251 e. The van der Waals surface area contributed by atoms with Crippen molar-refractivity contribution in [1.29, 1.82) is 0 Å². The highest BCUT2D eigenvalue weighted by molar-refractivity contribution is 6.32. The second-order valence-electron chi connectivity index (χ2n) is 9.77. The predicted octanol–water partition coefficient (Wildman–Crippen LogP) is 7.15. The van der Waals surface area contributed by atoms with Crippen LogP contribution in [0.25, 0.3) is 11.0 Å². The van der Waals surface area contributed by atoms with Gasteiger partial charge in [0.1, 0.15) is 18.2 Å². The number of unbranched alkanes of at least 4 members (excludes halogenated alkanes) is 2. The number of aryl methyl sites for hydroxylation is 5. The van der Waals surface area contributed by atoms with Gasteiger partial charge in [0, 0.05) is 23.6 Å². The van der Waals surface area contributed by atoms with E-state index in [1.807, 2.05) is 64.1 Å². The Morgan fingerprint density at radius 2 is 1.70 bits per heavy atom. The molecule has 0 saturated heterocycles. The number of rotatable bonds is 11. The van der Waals surface area contributed by atoms with Crippen molar-refractivity contribution in [2.45, 2.75) is 59.9 Å². The molecular weight excluding hydrogens is 482 g/mol. The molecule has 194 valence electrons. The van der Waals surface area contributed by atoms with Crippen molar-refractivity contribution >= 4 is 28.5 Å². The Kier molecular flexibility index (Phi) is 8.88. The van der Waals surface area contributed by atoms with E-state index >= 15 is 0 Å². The minimum Gasteiger partial charge on any atom is -0.492 e. The summed E-state index contributed by atoms with van der Waals surface area (Å²) in [5, 5.41) is 3.85. The first kappa shape index (κ1) is 26.7. The quantitative estimate of drug-likeness (QED) is 0.215. The molecule has 0 aliphatic heterocycles. The van der Waals surface area contributed by atoms with E-state index in [-0.39, 0.29) is 5.91 Å². The van der Waals surface area contributed by atoms with Gasteiger partial charge in [-0.05, 0) is 87.6 Å². The second-order valence-corrected chi connectivity index (χ2v) is 10.2. The van der Waals surface area contributed by atoms with Gasteiger partial charge in [-0.15, -0.1) is 0 Å². The molecule has 0 fully saturated rings. The summed E-state index contributed by atoms with van der Waals surface area (Å²) in [6.07, 6.45) is 3.86. The van der Waals surface area contributed by atoms with Gasteiger partial charge in [0.25, 0.3) is 5.91 Å². The number of benzene rings is 3. The Bertz CT molecular complexity index is 1370. The molecule has 1 heterocycles. The summed E-state index contributed by atoms with van der Waals surface area (Å²) in [7, 11) is 0. The van der Waals surface area contributed by atoms with Crippen LogP contribution in [0.15, 0.2) is 54.6 Å². The molecule has 0 spiro atoms. The molecule has 0 unspecified atom stereocenters. The number of nitrogens with one attached hydrogen (secondary N) is 1. The third-order valence-electron chi connectivity index (χ3n) is 6.72. The summed E-state index contributed by atoms with van der Waals surface area (Å²) in [6.45, 7) is 9.97. The van der Waals surface area contributed by atoms with Gasteiger partial charge in [-0.2, -0.15) is 0 Å². The second kappa shape index (κ2) is 12.3. The van der Waals surface area contributed by atoms with Crippen LogP contribution in [0.3, 0.4) is 0 Å². The molecular formula is C31H36ClN3O2. The number of halogens is 1. The molecule has 4 aromatic rings. The van der Waals surface area contributed by atoms with Crippen molar-refractivity contribution < 1.29 is 9.53 Å². The number of para-hydroxylation sites is 2. The maximum atomic E-state index is 12.5. The van der Waals surface area contributed by atoms with Gasteiger partial charge < -0.3 is 14.6 Å². The number of hydrogen-bond acceptors (Lipinski definition) is 3. The largest absolute Gasteiger partial charge is 0.492 e. The average molecular weight is 518 g/mol. The molecule has 37 heavy (non-hydrogen) atoms. The molecule has 5 nitrogen and oxygen atoms in total. The molecule has 4 rings (SSSR count). The molecule has 6 heteroatoms. The molecule has 0 atom stereocenters. The van der Waals surface area contributed by atoms with E-state index in [1.54, 1.807) is 0 Å². The number of fused-ring (bicyclic) bond motifs is 1. The summed E-state index contributed by atoms with van der Waals surface area (Å²) in [6, 6.07) is 18.2. The number of aromatic nitrogens is 2. The van der Waals surface area contributed by atoms with E-state index in [4.69, 9.17) is 21.3 Å². The van der Waals surface area contributed by atoms with Crippen molar-refractivity contribution in [3.05, 3.63) is 93.3 Å². The fourth-order valence-corrected chi connectivity index (χ4v) is 4.87. The van der Waals surface area contributed by atoms with E-state index in [1.165, 1.54) is 5.56 Å². The summed E-state index contributed by atoms with van der Waals surface area (Å²) in [5.74, 6) is 1.92. The topological polar surface area (TPSA) is 56.2 Å². The highest BCUT2D eigenvalue weighted by Crippen LogP contribution is 2.26. The van der Waals surface area contributed by atoms with Crippen molar-refractivity contribution in [3.8, 4) is 5.75 Å². The number of nitrogens with zero attached hydrogens (tertiary/aromatic N) is 2. The SMILES string of the molecule is Cc1ccc(C(=O)NCCCCCc2nc3ccccc3n2CCOc2cc(C)c(Cl)c(C)c2)c(C)c1. The number of amides is 1. The summed E-state index contributed by atoms with van der Waals surface area (Å²) in [5.41, 5.74) is 7.13. The number of hydrogen-bond donors (Lipinski definition) is 1. The zero-order valence-electron chi connectivity index (χ0n) is 22.2. The van der Waals surface area contributed by atoms with Crippen LogP contribution in [0.5, 0.6) is 5.75 Å². The van der Waals surface area contributed by atoms with Crippen molar-refractivity contribution in [2.75, 3.05) is 13.2 Å². The van der Waals surface area contributed by atoms with Crippen molar-refractivity contribution in [3.63, 3.8) is 0 Å². The van der Waals surface area contributed by atoms with Gasteiger partial charge in [0.05, 0.1) is 17.6 Å². The van der Waals surface area contributed by atoms with Crippen LogP contribution < -0.4 is 10.1 Å². The van der Waals surface area contributed by atoms with E-state index in [0.29, 0.717) is 13.2 Å². The predicted molar refractivity (Wildman–Crippen MR) is 152 cm³/mol. The highest BCUT2D eigenvalue weighted by Gasteiger charge is 2.12. The summed E-state index contributed by atoms with van der Waals surface area (Å²) in [4.78, 5) is 17.4. The molecule has 3 aromatic carbocycles. The molecule has 0 bridgehead atoms. The normalized spacial score (nSPS) is 11.2. The molecule has 0 aliphatic rings. The van der Waals surface area contributed by atoms with Crippen LogP contribution in [0.1, 0.15) is 57.7 Å². The first-order valence-corrected chi connectivity index (χ1v) is 13.4. The summed E-state index contributed by atoms with van der Waals surface area (Å²) >= 11 is 6.30.